The summed E-state index contributed by atoms with van der Waals surface area (Å²) in [5.41, 5.74) is 0. The van der Waals surface area contributed by atoms with Crippen LogP contribution in [0.4, 0.5) is 0 Å². The Hall–Kier alpha value is -0.230. The number of halogens is 1. The summed E-state index contributed by atoms with van der Waals surface area (Å²) in [4.78, 5) is 3.21. The SMILES string of the molecule is Sc1cc(Br)ccc1OCCN1CCOCC1. The van der Waals surface area contributed by atoms with Crippen LogP contribution in [0, 0.1) is 0 Å². The molecule has 0 N–H and O–H groups in total. The summed E-state index contributed by atoms with van der Waals surface area (Å²) in [5, 5.41) is 0. The van der Waals surface area contributed by atoms with Gasteiger partial charge in [-0.1, -0.05) is 15.9 Å². The Morgan fingerprint density at radius 2 is 2.12 bits per heavy atom. The second-order valence-corrected chi connectivity index (χ2v) is 5.31. The van der Waals surface area contributed by atoms with Crippen molar-refractivity contribution in [3.8, 4) is 5.75 Å². The van der Waals surface area contributed by atoms with Crippen LogP contribution in [-0.4, -0.2) is 44.4 Å². The van der Waals surface area contributed by atoms with Crippen molar-refractivity contribution in [1.29, 1.82) is 0 Å². The number of morpholine rings is 1. The largest absolute Gasteiger partial charge is 0.491 e. The Bertz CT molecular complexity index is 370. The third kappa shape index (κ3) is 4.17. The maximum atomic E-state index is 5.71. The average Bonchev–Trinajstić information content (AvgIpc) is 2.33. The Morgan fingerprint density at radius 3 is 2.82 bits per heavy atom. The number of ether oxygens (including phenoxy) is 2. The van der Waals surface area contributed by atoms with E-state index in [4.69, 9.17) is 9.47 Å². The van der Waals surface area contributed by atoms with Crippen LogP contribution in [0.1, 0.15) is 0 Å². The molecule has 1 aliphatic rings. The van der Waals surface area contributed by atoms with Crippen molar-refractivity contribution in [3.05, 3.63) is 22.7 Å². The highest BCUT2D eigenvalue weighted by Gasteiger charge is 2.10. The normalized spacial score (nSPS) is 17.1. The summed E-state index contributed by atoms with van der Waals surface area (Å²) in [6.45, 7) is 5.28. The lowest BCUT2D eigenvalue weighted by Gasteiger charge is -2.26. The van der Waals surface area contributed by atoms with E-state index in [2.05, 4.69) is 33.5 Å². The first-order valence-corrected chi connectivity index (χ1v) is 6.91. The van der Waals surface area contributed by atoms with Crippen LogP contribution < -0.4 is 4.74 Å². The van der Waals surface area contributed by atoms with Crippen molar-refractivity contribution < 1.29 is 9.47 Å². The molecule has 1 aromatic carbocycles. The van der Waals surface area contributed by atoms with E-state index < -0.39 is 0 Å². The standard InChI is InChI=1S/C12H16BrNO2S/c13-10-1-2-11(12(17)9-10)16-8-5-14-3-6-15-7-4-14/h1-2,9,17H,3-8H2. The average molecular weight is 318 g/mol. The third-order valence-electron chi connectivity index (χ3n) is 2.69. The second kappa shape index (κ2) is 6.64. The minimum atomic E-state index is 0.690. The molecule has 0 spiro atoms. The third-order valence-corrected chi connectivity index (χ3v) is 3.53. The van der Waals surface area contributed by atoms with E-state index in [1.807, 2.05) is 18.2 Å². The smallest absolute Gasteiger partial charge is 0.132 e. The molecule has 0 aromatic heterocycles. The first-order chi connectivity index (χ1) is 8.25. The van der Waals surface area contributed by atoms with E-state index >= 15 is 0 Å². The molecule has 1 aromatic rings. The molecular formula is C12H16BrNO2S. The number of nitrogens with zero attached hydrogens (tertiary/aromatic N) is 1. The van der Waals surface area contributed by atoms with Gasteiger partial charge in [0.2, 0.25) is 0 Å². The predicted molar refractivity (Wildman–Crippen MR) is 74.1 cm³/mol. The highest BCUT2D eigenvalue weighted by atomic mass is 79.9. The van der Waals surface area contributed by atoms with Crippen molar-refractivity contribution in [2.75, 3.05) is 39.5 Å². The molecule has 0 bridgehead atoms. The summed E-state index contributed by atoms with van der Waals surface area (Å²) in [6, 6.07) is 5.84. The molecule has 94 valence electrons. The lowest BCUT2D eigenvalue weighted by atomic mass is 10.3. The van der Waals surface area contributed by atoms with Gasteiger partial charge in [0.05, 0.1) is 13.2 Å². The maximum Gasteiger partial charge on any atom is 0.132 e. The van der Waals surface area contributed by atoms with E-state index in [0.717, 1.165) is 48.0 Å². The van der Waals surface area contributed by atoms with Gasteiger partial charge in [0, 0.05) is 29.0 Å². The topological polar surface area (TPSA) is 21.7 Å². The van der Waals surface area contributed by atoms with Crippen LogP contribution in [-0.2, 0) is 4.74 Å². The number of thiol groups is 1. The maximum absolute atomic E-state index is 5.71. The first kappa shape index (κ1) is 13.2. The van der Waals surface area contributed by atoms with Crippen molar-refractivity contribution in [3.63, 3.8) is 0 Å². The summed E-state index contributed by atoms with van der Waals surface area (Å²) >= 11 is 7.78. The lowest BCUT2D eigenvalue weighted by Crippen LogP contribution is -2.38. The van der Waals surface area contributed by atoms with Crippen molar-refractivity contribution in [2.24, 2.45) is 0 Å². The molecule has 0 saturated carbocycles. The summed E-state index contributed by atoms with van der Waals surface area (Å²) < 4.78 is 12.0. The van der Waals surface area contributed by atoms with Gasteiger partial charge in [-0.2, -0.15) is 0 Å². The number of benzene rings is 1. The van der Waals surface area contributed by atoms with Crippen LogP contribution in [0.25, 0.3) is 0 Å². The molecule has 0 atom stereocenters. The summed E-state index contributed by atoms with van der Waals surface area (Å²) in [7, 11) is 0. The Kier molecular flexibility index (Phi) is 5.16. The fourth-order valence-corrected chi connectivity index (χ4v) is 2.54. The molecule has 5 heteroatoms. The van der Waals surface area contributed by atoms with Crippen LogP contribution in [0.5, 0.6) is 5.75 Å². The van der Waals surface area contributed by atoms with Crippen molar-refractivity contribution in [1.82, 2.24) is 4.90 Å². The number of hydrogen-bond donors (Lipinski definition) is 1. The van der Waals surface area contributed by atoms with Gasteiger partial charge >= 0.3 is 0 Å². The monoisotopic (exact) mass is 317 g/mol. The van der Waals surface area contributed by atoms with E-state index in [1.165, 1.54) is 0 Å². The van der Waals surface area contributed by atoms with Crippen molar-refractivity contribution in [2.45, 2.75) is 4.90 Å². The van der Waals surface area contributed by atoms with Gasteiger partial charge in [-0.3, -0.25) is 4.90 Å². The number of rotatable bonds is 4. The molecule has 2 rings (SSSR count). The van der Waals surface area contributed by atoms with Crippen LogP contribution in [0.2, 0.25) is 0 Å². The quantitative estimate of drug-likeness (QED) is 0.862. The minimum absolute atomic E-state index is 0.690. The number of hydrogen-bond acceptors (Lipinski definition) is 4. The lowest BCUT2D eigenvalue weighted by molar-refractivity contribution is 0.0321. The Morgan fingerprint density at radius 1 is 1.35 bits per heavy atom. The molecule has 1 heterocycles. The zero-order valence-electron chi connectivity index (χ0n) is 9.56. The summed E-state index contributed by atoms with van der Waals surface area (Å²) in [5.74, 6) is 0.838. The van der Waals surface area contributed by atoms with E-state index in [-0.39, 0.29) is 0 Å². The molecule has 0 radical (unpaired) electrons. The van der Waals surface area contributed by atoms with Gasteiger partial charge in [0.25, 0.3) is 0 Å². The minimum Gasteiger partial charge on any atom is -0.491 e. The molecule has 0 unspecified atom stereocenters. The first-order valence-electron chi connectivity index (χ1n) is 5.67. The zero-order chi connectivity index (χ0) is 12.1. The van der Waals surface area contributed by atoms with Crippen LogP contribution in [0.3, 0.4) is 0 Å². The van der Waals surface area contributed by atoms with Gasteiger partial charge < -0.3 is 9.47 Å². The van der Waals surface area contributed by atoms with Gasteiger partial charge in [-0.15, -0.1) is 12.6 Å². The summed E-state index contributed by atoms with van der Waals surface area (Å²) in [6.07, 6.45) is 0. The van der Waals surface area contributed by atoms with Crippen LogP contribution in [0.15, 0.2) is 27.6 Å². The molecule has 1 saturated heterocycles. The van der Waals surface area contributed by atoms with E-state index in [9.17, 15) is 0 Å². The highest BCUT2D eigenvalue weighted by molar-refractivity contribution is 9.10. The van der Waals surface area contributed by atoms with Gasteiger partial charge in [0.1, 0.15) is 12.4 Å². The zero-order valence-corrected chi connectivity index (χ0v) is 12.0. The molecule has 1 aliphatic heterocycles. The van der Waals surface area contributed by atoms with Gasteiger partial charge in [0.15, 0.2) is 0 Å². The Balaban J connectivity index is 1.77. The van der Waals surface area contributed by atoms with E-state index in [0.29, 0.717) is 6.61 Å². The second-order valence-electron chi connectivity index (χ2n) is 3.91. The van der Waals surface area contributed by atoms with Crippen molar-refractivity contribution >= 4 is 28.6 Å². The molecule has 0 aliphatic carbocycles. The van der Waals surface area contributed by atoms with Gasteiger partial charge in [-0.05, 0) is 18.2 Å². The molecule has 0 amide bonds. The van der Waals surface area contributed by atoms with E-state index in [1.54, 1.807) is 0 Å². The molecule has 1 fully saturated rings. The molecule has 3 nitrogen and oxygen atoms in total. The Labute approximate surface area is 116 Å². The van der Waals surface area contributed by atoms with Crippen LogP contribution >= 0.6 is 28.6 Å². The fraction of sp³-hybridized carbons (Fsp3) is 0.500. The van der Waals surface area contributed by atoms with Gasteiger partial charge in [-0.25, -0.2) is 0 Å². The molecular weight excluding hydrogens is 302 g/mol. The molecule has 17 heavy (non-hydrogen) atoms. The predicted octanol–water partition coefficient (Wildman–Crippen LogP) is 2.45. The highest BCUT2D eigenvalue weighted by Crippen LogP contribution is 2.26. The fourth-order valence-electron chi connectivity index (χ4n) is 1.72.